The number of hydrogen-bond donors (Lipinski definition) is 0. The highest BCUT2D eigenvalue weighted by Crippen LogP contribution is 2.40. The molecule has 0 amide bonds. The maximum atomic E-state index is 6.48. The summed E-state index contributed by atoms with van der Waals surface area (Å²) < 4.78 is 12.8. The molecular weight excluding hydrogens is 711 g/mol. The van der Waals surface area contributed by atoms with Crippen LogP contribution in [0.3, 0.4) is 0 Å². The highest BCUT2D eigenvalue weighted by Gasteiger charge is 2.19. The zero-order valence-corrected chi connectivity index (χ0v) is 31.1. The lowest BCUT2D eigenvalue weighted by atomic mass is 9.95. The molecule has 0 atom stereocenters. The fourth-order valence-electron chi connectivity index (χ4n) is 8.47. The molecule has 3 aromatic heterocycles. The van der Waals surface area contributed by atoms with Gasteiger partial charge in [-0.3, -0.25) is 0 Å². The Morgan fingerprint density at radius 2 is 0.810 bits per heavy atom. The second-order valence-corrected chi connectivity index (χ2v) is 14.8. The van der Waals surface area contributed by atoms with Crippen LogP contribution in [-0.4, -0.2) is 15.0 Å². The van der Waals surface area contributed by atoms with Crippen molar-refractivity contribution in [1.29, 1.82) is 0 Å². The van der Waals surface area contributed by atoms with Crippen LogP contribution in [0.1, 0.15) is 0 Å². The number of hydrogen-bond acceptors (Lipinski definition) is 5. The van der Waals surface area contributed by atoms with E-state index in [0.29, 0.717) is 17.5 Å². The van der Waals surface area contributed by atoms with Gasteiger partial charge in [0.15, 0.2) is 17.5 Å². The predicted molar refractivity (Wildman–Crippen MR) is 237 cm³/mol. The topological polar surface area (TPSA) is 65.0 Å². The molecule has 12 aromatic rings. The molecule has 5 nitrogen and oxygen atoms in total. The monoisotopic (exact) mass is 741 g/mol. The van der Waals surface area contributed by atoms with E-state index in [-0.39, 0.29) is 0 Å². The molecule has 0 N–H and O–H groups in total. The molecule has 0 aliphatic carbocycles. The van der Waals surface area contributed by atoms with Crippen molar-refractivity contribution >= 4 is 65.4 Å². The third kappa shape index (κ3) is 5.29. The van der Waals surface area contributed by atoms with Gasteiger partial charge in [-0.1, -0.05) is 140 Å². The normalized spacial score (nSPS) is 11.8. The van der Waals surface area contributed by atoms with Gasteiger partial charge in [0.05, 0.1) is 0 Å². The summed E-state index contributed by atoms with van der Waals surface area (Å²) in [7, 11) is 0. The third-order valence-electron chi connectivity index (χ3n) is 11.3. The SMILES string of the molecule is c1ccc(-c2ccc3c(c2)oc2cccc(-c4ccc5ccc(-c6nc(-c7ccc8ccccc8c7)nc(-c7cccc8oc9ccccc9c78)n6)cc5c4)c23)cc1. The predicted octanol–water partition coefficient (Wildman–Crippen LogP) is 14.3. The number of benzene rings is 9. The zero-order valence-electron chi connectivity index (χ0n) is 31.1. The largest absolute Gasteiger partial charge is 0.456 e. The van der Waals surface area contributed by atoms with E-state index in [9.17, 15) is 0 Å². The van der Waals surface area contributed by atoms with Crippen LogP contribution >= 0.6 is 0 Å². The maximum absolute atomic E-state index is 6.48. The molecule has 0 radical (unpaired) electrons. The minimum atomic E-state index is 0.591. The van der Waals surface area contributed by atoms with Crippen LogP contribution in [0, 0.1) is 0 Å². The number of furan rings is 2. The highest BCUT2D eigenvalue weighted by atomic mass is 16.3. The maximum Gasteiger partial charge on any atom is 0.164 e. The molecule has 0 aliphatic heterocycles. The summed E-state index contributed by atoms with van der Waals surface area (Å²) in [6.07, 6.45) is 0. The van der Waals surface area contributed by atoms with Gasteiger partial charge in [0.2, 0.25) is 0 Å². The molecule has 58 heavy (non-hydrogen) atoms. The summed E-state index contributed by atoms with van der Waals surface area (Å²) in [5.74, 6) is 1.80. The van der Waals surface area contributed by atoms with Gasteiger partial charge >= 0.3 is 0 Å². The quantitative estimate of drug-likeness (QED) is 0.176. The van der Waals surface area contributed by atoms with Gasteiger partial charge in [0, 0.05) is 38.2 Å². The minimum Gasteiger partial charge on any atom is -0.456 e. The van der Waals surface area contributed by atoms with E-state index in [0.717, 1.165) is 104 Å². The first-order valence-corrected chi connectivity index (χ1v) is 19.4. The van der Waals surface area contributed by atoms with Gasteiger partial charge in [-0.25, -0.2) is 15.0 Å². The lowest BCUT2D eigenvalue weighted by molar-refractivity contribution is 0.668. The Hall–Kier alpha value is -7.89. The second kappa shape index (κ2) is 12.8. The van der Waals surface area contributed by atoms with Crippen molar-refractivity contribution in [3.8, 4) is 56.4 Å². The second-order valence-electron chi connectivity index (χ2n) is 14.8. The number of nitrogens with zero attached hydrogens (tertiary/aromatic N) is 3. The molecule has 0 saturated carbocycles. The molecule has 0 bridgehead atoms. The number of rotatable bonds is 5. The summed E-state index contributed by atoms with van der Waals surface area (Å²) in [6.45, 7) is 0. The molecule has 0 fully saturated rings. The molecular formula is C53H31N3O2. The lowest BCUT2D eigenvalue weighted by Crippen LogP contribution is -2.00. The Morgan fingerprint density at radius 1 is 0.276 bits per heavy atom. The molecule has 0 aliphatic rings. The van der Waals surface area contributed by atoms with Crippen LogP contribution in [-0.2, 0) is 0 Å². The Labute approximate surface area is 332 Å². The van der Waals surface area contributed by atoms with Crippen LogP contribution in [0.15, 0.2) is 197 Å². The fourth-order valence-corrected chi connectivity index (χ4v) is 8.47. The fraction of sp³-hybridized carbons (Fsp3) is 0. The van der Waals surface area contributed by atoms with Crippen LogP contribution < -0.4 is 0 Å². The van der Waals surface area contributed by atoms with Gasteiger partial charge < -0.3 is 8.83 Å². The smallest absolute Gasteiger partial charge is 0.164 e. The Balaban J connectivity index is 1.02. The highest BCUT2D eigenvalue weighted by molar-refractivity contribution is 6.14. The summed E-state index contributed by atoms with van der Waals surface area (Å²) >= 11 is 0. The Bertz CT molecular complexity index is 3580. The summed E-state index contributed by atoms with van der Waals surface area (Å²) in [5.41, 5.74) is 10.6. The van der Waals surface area contributed by atoms with E-state index in [2.05, 4.69) is 152 Å². The number of aromatic nitrogens is 3. The molecule has 9 aromatic carbocycles. The average Bonchev–Trinajstić information content (AvgIpc) is 3.87. The first-order chi connectivity index (χ1) is 28.7. The van der Waals surface area contributed by atoms with Crippen LogP contribution in [0.2, 0.25) is 0 Å². The number of fused-ring (bicyclic) bond motifs is 8. The van der Waals surface area contributed by atoms with E-state index in [1.54, 1.807) is 0 Å². The number of para-hydroxylation sites is 1. The van der Waals surface area contributed by atoms with Crippen molar-refractivity contribution in [3.63, 3.8) is 0 Å². The van der Waals surface area contributed by atoms with Gasteiger partial charge in [-0.05, 0) is 92.3 Å². The third-order valence-corrected chi connectivity index (χ3v) is 11.3. The van der Waals surface area contributed by atoms with Gasteiger partial charge in [0.1, 0.15) is 22.3 Å². The van der Waals surface area contributed by atoms with Gasteiger partial charge in [0.25, 0.3) is 0 Å². The molecule has 0 spiro atoms. The molecule has 5 heteroatoms. The zero-order chi connectivity index (χ0) is 38.2. The van der Waals surface area contributed by atoms with E-state index in [1.807, 2.05) is 36.4 Å². The van der Waals surface area contributed by atoms with E-state index in [1.165, 1.54) is 0 Å². The summed E-state index contributed by atoms with van der Waals surface area (Å²) in [4.78, 5) is 15.5. The van der Waals surface area contributed by atoms with Crippen LogP contribution in [0.4, 0.5) is 0 Å². The summed E-state index contributed by atoms with van der Waals surface area (Å²) in [5, 5.41) is 8.72. The van der Waals surface area contributed by atoms with Crippen molar-refractivity contribution in [2.45, 2.75) is 0 Å². The Kier molecular flexibility index (Phi) is 7.16. The molecule has 0 unspecified atom stereocenters. The van der Waals surface area contributed by atoms with E-state index < -0.39 is 0 Å². The molecule has 270 valence electrons. The average molecular weight is 742 g/mol. The minimum absolute atomic E-state index is 0.591. The molecule has 3 heterocycles. The first-order valence-electron chi connectivity index (χ1n) is 19.4. The van der Waals surface area contributed by atoms with E-state index in [4.69, 9.17) is 23.8 Å². The molecule has 12 rings (SSSR count). The van der Waals surface area contributed by atoms with Crippen LogP contribution in [0.25, 0.3) is 122 Å². The van der Waals surface area contributed by atoms with Gasteiger partial charge in [-0.15, -0.1) is 0 Å². The first kappa shape index (κ1) is 32.4. The van der Waals surface area contributed by atoms with Crippen molar-refractivity contribution in [3.05, 3.63) is 188 Å². The molecule has 0 saturated heterocycles. The Morgan fingerprint density at radius 3 is 1.60 bits per heavy atom. The van der Waals surface area contributed by atoms with Crippen molar-refractivity contribution in [2.24, 2.45) is 0 Å². The van der Waals surface area contributed by atoms with Crippen molar-refractivity contribution in [2.75, 3.05) is 0 Å². The van der Waals surface area contributed by atoms with Crippen molar-refractivity contribution in [1.82, 2.24) is 15.0 Å². The van der Waals surface area contributed by atoms with Crippen LogP contribution in [0.5, 0.6) is 0 Å². The summed E-state index contributed by atoms with van der Waals surface area (Å²) in [6, 6.07) is 65.3. The lowest BCUT2D eigenvalue weighted by Gasteiger charge is -2.11. The van der Waals surface area contributed by atoms with E-state index >= 15 is 0 Å². The van der Waals surface area contributed by atoms with Crippen molar-refractivity contribution < 1.29 is 8.83 Å². The standard InChI is InChI=1S/C53H31N3O2/c1-2-10-32(11-3-1)36-26-27-43-48(31-36)58-46-18-8-15-41(49(43)46)37-23-20-34-22-25-39(30-40(34)29-37)52-54-51(38-24-21-33-12-4-5-13-35(33)28-38)55-53(56-52)44-16-9-19-47-50(44)42-14-6-7-17-45(42)57-47/h1-31H. The van der Waals surface area contributed by atoms with Gasteiger partial charge in [-0.2, -0.15) is 0 Å².